The van der Waals surface area contributed by atoms with Crippen LogP contribution in [0, 0.1) is 5.82 Å². The summed E-state index contributed by atoms with van der Waals surface area (Å²) in [5.41, 5.74) is 1.23. The van der Waals surface area contributed by atoms with Gasteiger partial charge in [0.05, 0.1) is 12.7 Å². The van der Waals surface area contributed by atoms with Gasteiger partial charge in [0.2, 0.25) is 0 Å². The van der Waals surface area contributed by atoms with Gasteiger partial charge >= 0.3 is 5.97 Å². The van der Waals surface area contributed by atoms with Crippen LogP contribution in [0.1, 0.15) is 15.9 Å². The molecule has 0 aliphatic heterocycles. The Balaban J connectivity index is 2.22. The van der Waals surface area contributed by atoms with Crippen LogP contribution in [0.25, 0.3) is 0 Å². The molecule has 2 rings (SSSR count). The maximum atomic E-state index is 13.7. The van der Waals surface area contributed by atoms with E-state index in [0.717, 1.165) is 11.3 Å². The number of hydrogen-bond acceptors (Lipinski definition) is 3. The molecule has 0 saturated carbocycles. The topological polar surface area (TPSA) is 49.8 Å². The lowest BCUT2D eigenvalue weighted by molar-refractivity contribution is 0.0692. The molecule has 0 radical (unpaired) electrons. The third-order valence-corrected chi connectivity index (χ3v) is 3.22. The highest BCUT2D eigenvalue weighted by molar-refractivity contribution is 5.88. The Kier molecular flexibility index (Phi) is 4.42. The molecule has 110 valence electrons. The van der Waals surface area contributed by atoms with Gasteiger partial charge in [-0.1, -0.05) is 18.2 Å². The highest BCUT2D eigenvalue weighted by Gasteiger charge is 2.13. The molecule has 5 heteroatoms. The number of anilines is 1. The lowest BCUT2D eigenvalue weighted by Crippen LogP contribution is -2.17. The zero-order valence-corrected chi connectivity index (χ0v) is 11.8. The maximum Gasteiger partial charge on any atom is 0.338 e. The van der Waals surface area contributed by atoms with Gasteiger partial charge in [-0.05, 0) is 24.3 Å². The van der Waals surface area contributed by atoms with E-state index < -0.39 is 11.8 Å². The molecule has 0 aliphatic rings. The first-order chi connectivity index (χ1) is 10.0. The fourth-order valence-corrected chi connectivity index (χ4v) is 2.10. The summed E-state index contributed by atoms with van der Waals surface area (Å²) in [5.74, 6) is -1.26. The molecular weight excluding hydrogens is 273 g/mol. The number of para-hydroxylation sites is 1. The monoisotopic (exact) mass is 289 g/mol. The van der Waals surface area contributed by atoms with Gasteiger partial charge < -0.3 is 14.7 Å². The molecule has 2 aromatic rings. The molecule has 0 spiro atoms. The van der Waals surface area contributed by atoms with E-state index in [1.165, 1.54) is 12.1 Å². The first-order valence-electron chi connectivity index (χ1n) is 6.39. The van der Waals surface area contributed by atoms with Gasteiger partial charge in [-0.25, -0.2) is 9.18 Å². The van der Waals surface area contributed by atoms with Crippen molar-refractivity contribution in [2.45, 2.75) is 6.54 Å². The molecular formula is C16H16FNO3. The predicted molar refractivity (Wildman–Crippen MR) is 78.5 cm³/mol. The number of carbonyl (C=O) groups is 1. The van der Waals surface area contributed by atoms with E-state index in [0.29, 0.717) is 12.2 Å². The van der Waals surface area contributed by atoms with Crippen LogP contribution in [0.3, 0.4) is 0 Å². The normalized spacial score (nSPS) is 10.2. The number of carboxylic acid groups (broad SMARTS) is 1. The molecule has 0 amide bonds. The first kappa shape index (κ1) is 14.8. The number of benzene rings is 2. The smallest absolute Gasteiger partial charge is 0.338 e. The first-order valence-corrected chi connectivity index (χ1v) is 6.39. The van der Waals surface area contributed by atoms with E-state index in [-0.39, 0.29) is 5.56 Å². The second-order valence-electron chi connectivity index (χ2n) is 4.64. The zero-order chi connectivity index (χ0) is 15.4. The Bertz CT molecular complexity index is 658. The largest absolute Gasteiger partial charge is 0.496 e. The van der Waals surface area contributed by atoms with Crippen LogP contribution in [0.2, 0.25) is 0 Å². The standard InChI is InChI=1S/C16H16FNO3/c1-18(10-11-5-3-4-6-15(11)21-2)12-7-8-13(16(19)20)14(17)9-12/h3-9H,10H2,1-2H3,(H,19,20). The molecule has 1 N–H and O–H groups in total. The molecule has 2 aromatic carbocycles. The number of rotatable bonds is 5. The molecule has 4 nitrogen and oxygen atoms in total. The highest BCUT2D eigenvalue weighted by atomic mass is 19.1. The fraction of sp³-hybridized carbons (Fsp3) is 0.188. The highest BCUT2D eigenvalue weighted by Crippen LogP contribution is 2.23. The van der Waals surface area contributed by atoms with E-state index in [1.807, 2.05) is 36.2 Å². The third kappa shape index (κ3) is 3.31. The number of carboxylic acids is 1. The van der Waals surface area contributed by atoms with Crippen molar-refractivity contribution in [3.63, 3.8) is 0 Å². The van der Waals surface area contributed by atoms with E-state index in [1.54, 1.807) is 13.2 Å². The predicted octanol–water partition coefficient (Wildman–Crippen LogP) is 3.17. The van der Waals surface area contributed by atoms with Gasteiger partial charge in [0, 0.05) is 24.8 Å². The summed E-state index contributed by atoms with van der Waals surface area (Å²) >= 11 is 0. The fourth-order valence-electron chi connectivity index (χ4n) is 2.10. The maximum absolute atomic E-state index is 13.7. The average molecular weight is 289 g/mol. The van der Waals surface area contributed by atoms with Gasteiger partial charge in [0.15, 0.2) is 0 Å². The Morgan fingerprint density at radius 2 is 2.00 bits per heavy atom. The lowest BCUT2D eigenvalue weighted by atomic mass is 10.1. The van der Waals surface area contributed by atoms with E-state index in [2.05, 4.69) is 0 Å². The van der Waals surface area contributed by atoms with Gasteiger partial charge in [0.1, 0.15) is 11.6 Å². The second kappa shape index (κ2) is 6.26. The van der Waals surface area contributed by atoms with Crippen molar-refractivity contribution in [3.8, 4) is 5.75 Å². The molecule has 0 aromatic heterocycles. The quantitative estimate of drug-likeness (QED) is 0.918. The lowest BCUT2D eigenvalue weighted by Gasteiger charge is -2.21. The summed E-state index contributed by atoms with van der Waals surface area (Å²) < 4.78 is 19.0. The molecule has 21 heavy (non-hydrogen) atoms. The molecule has 0 aliphatic carbocycles. The summed E-state index contributed by atoms with van der Waals surface area (Å²) in [6.07, 6.45) is 0. The van der Waals surface area contributed by atoms with E-state index in [4.69, 9.17) is 9.84 Å². The summed E-state index contributed by atoms with van der Waals surface area (Å²) in [7, 11) is 3.40. The average Bonchev–Trinajstić information content (AvgIpc) is 2.47. The van der Waals surface area contributed by atoms with Crippen LogP contribution < -0.4 is 9.64 Å². The second-order valence-corrected chi connectivity index (χ2v) is 4.64. The van der Waals surface area contributed by atoms with Crippen molar-refractivity contribution in [1.29, 1.82) is 0 Å². The van der Waals surface area contributed by atoms with Gasteiger partial charge in [-0.3, -0.25) is 0 Å². The minimum Gasteiger partial charge on any atom is -0.496 e. The van der Waals surface area contributed by atoms with Crippen LogP contribution in [-0.2, 0) is 6.54 Å². The van der Waals surface area contributed by atoms with Crippen molar-refractivity contribution in [2.75, 3.05) is 19.1 Å². The summed E-state index contributed by atoms with van der Waals surface area (Å²) in [4.78, 5) is 12.6. The number of ether oxygens (including phenoxy) is 1. The van der Waals surface area contributed by atoms with Crippen molar-refractivity contribution >= 4 is 11.7 Å². The number of aromatic carboxylic acids is 1. The van der Waals surface area contributed by atoms with Gasteiger partial charge in [-0.2, -0.15) is 0 Å². The molecule has 0 saturated heterocycles. The zero-order valence-electron chi connectivity index (χ0n) is 11.8. The number of methoxy groups -OCH3 is 1. The van der Waals surface area contributed by atoms with Crippen LogP contribution in [0.4, 0.5) is 10.1 Å². The molecule has 0 atom stereocenters. The van der Waals surface area contributed by atoms with Crippen LogP contribution in [0.15, 0.2) is 42.5 Å². The van der Waals surface area contributed by atoms with Gasteiger partial charge in [-0.15, -0.1) is 0 Å². The summed E-state index contributed by atoms with van der Waals surface area (Å²) in [6.45, 7) is 0.524. The Labute approximate surface area is 122 Å². The van der Waals surface area contributed by atoms with Crippen LogP contribution in [0.5, 0.6) is 5.75 Å². The van der Waals surface area contributed by atoms with Crippen molar-refractivity contribution in [2.24, 2.45) is 0 Å². The van der Waals surface area contributed by atoms with Crippen molar-refractivity contribution in [1.82, 2.24) is 0 Å². The summed E-state index contributed by atoms with van der Waals surface area (Å²) in [6, 6.07) is 11.6. The minimum absolute atomic E-state index is 0.329. The third-order valence-electron chi connectivity index (χ3n) is 3.22. The van der Waals surface area contributed by atoms with Crippen molar-refractivity contribution in [3.05, 3.63) is 59.4 Å². The number of halogens is 1. The molecule has 0 unspecified atom stereocenters. The molecule has 0 bridgehead atoms. The Morgan fingerprint density at radius 3 is 2.62 bits per heavy atom. The number of hydrogen-bond donors (Lipinski definition) is 1. The SMILES string of the molecule is COc1ccccc1CN(C)c1ccc(C(=O)O)c(F)c1. The Hall–Kier alpha value is -2.56. The minimum atomic E-state index is -1.27. The van der Waals surface area contributed by atoms with E-state index in [9.17, 15) is 9.18 Å². The molecule has 0 heterocycles. The molecule has 0 fully saturated rings. The Morgan fingerprint density at radius 1 is 1.29 bits per heavy atom. The number of nitrogens with zero attached hydrogens (tertiary/aromatic N) is 1. The van der Waals surface area contributed by atoms with Crippen molar-refractivity contribution < 1.29 is 19.0 Å². The van der Waals surface area contributed by atoms with E-state index >= 15 is 0 Å². The van der Waals surface area contributed by atoms with Gasteiger partial charge in [0.25, 0.3) is 0 Å². The summed E-state index contributed by atoms with van der Waals surface area (Å²) in [5, 5.41) is 8.83. The van der Waals surface area contributed by atoms with Crippen LogP contribution >= 0.6 is 0 Å². The van der Waals surface area contributed by atoms with Crippen LogP contribution in [-0.4, -0.2) is 25.2 Å².